The molecule has 0 unspecified atom stereocenters. The summed E-state index contributed by atoms with van der Waals surface area (Å²) in [6.07, 6.45) is 3.61. The number of aryl methyl sites for hydroxylation is 1. The second kappa shape index (κ2) is 18.7. The molecule has 0 spiro atoms. The fourth-order valence-electron chi connectivity index (χ4n) is 2.34. The molecule has 1 aromatic heterocycles. The third kappa shape index (κ3) is 15.2. The minimum atomic E-state index is 0.00218. The number of carbonyl (C=O) groups excluding carboxylic acids is 1. The second-order valence-electron chi connectivity index (χ2n) is 6.92. The summed E-state index contributed by atoms with van der Waals surface area (Å²) in [4.78, 5) is 16.3. The van der Waals surface area contributed by atoms with Gasteiger partial charge in [-0.15, -0.1) is 0 Å². The smallest absolute Gasteiger partial charge is 0.165 e. The average Bonchev–Trinajstić information content (AvgIpc) is 2.72. The van der Waals surface area contributed by atoms with Gasteiger partial charge in [0.25, 0.3) is 0 Å². The Morgan fingerprint density at radius 3 is 2.00 bits per heavy atom. The molecule has 0 radical (unpaired) electrons. The van der Waals surface area contributed by atoms with E-state index in [0.29, 0.717) is 46.2 Å². The van der Waals surface area contributed by atoms with Crippen LogP contribution >= 0.6 is 0 Å². The van der Waals surface area contributed by atoms with E-state index in [1.54, 1.807) is 12.3 Å². The van der Waals surface area contributed by atoms with Crippen LogP contribution in [-0.4, -0.2) is 63.1 Å². The van der Waals surface area contributed by atoms with Gasteiger partial charge in [-0.25, -0.2) is 0 Å². The van der Waals surface area contributed by atoms with E-state index >= 15 is 0 Å². The van der Waals surface area contributed by atoms with Crippen LogP contribution in [-0.2, 0) is 25.4 Å². The van der Waals surface area contributed by atoms with Crippen LogP contribution in [0.3, 0.4) is 0 Å². The van der Waals surface area contributed by atoms with E-state index in [2.05, 4.69) is 4.98 Å². The Bertz CT molecular complexity index is 520. The number of ether oxygens (including phenoxy) is 4. The Kier molecular flexibility index (Phi) is 17.8. The average molecular weight is 412 g/mol. The first-order valence-electron chi connectivity index (χ1n) is 10.8. The standard InChI is InChI=1S/C21H35NO5.C2H6/c1-17(2)21(23)19-7-8-22-20(16-19)6-5-9-24-10-11-25-12-13-26-14-15-27-18(3)4;1-2/h7-8,16-18H,5-6,9-15H2,1-4H3;1-2H3. The molecule has 6 nitrogen and oxygen atoms in total. The Labute approximate surface area is 177 Å². The van der Waals surface area contributed by atoms with Crippen LogP contribution in [0.1, 0.15) is 64.0 Å². The number of aromatic nitrogens is 1. The van der Waals surface area contributed by atoms with Crippen molar-refractivity contribution in [3.63, 3.8) is 0 Å². The quantitative estimate of drug-likeness (QED) is 0.297. The number of pyridine rings is 1. The van der Waals surface area contributed by atoms with Crippen molar-refractivity contribution < 1.29 is 23.7 Å². The summed E-state index contributed by atoms with van der Waals surface area (Å²) in [5.41, 5.74) is 1.67. The summed E-state index contributed by atoms with van der Waals surface area (Å²) in [7, 11) is 0. The molecule has 0 saturated heterocycles. The number of ketones is 1. The molecule has 0 atom stereocenters. The summed E-state index contributed by atoms with van der Waals surface area (Å²) in [5.74, 6) is 0.158. The first kappa shape index (κ1) is 27.7. The topological polar surface area (TPSA) is 66.9 Å². The molecule has 6 heteroatoms. The summed E-state index contributed by atoms with van der Waals surface area (Å²) in [6, 6.07) is 3.67. The predicted octanol–water partition coefficient (Wildman–Crippen LogP) is 4.35. The zero-order valence-electron chi connectivity index (χ0n) is 19.2. The minimum absolute atomic E-state index is 0.00218. The fraction of sp³-hybridized carbons (Fsp3) is 0.739. The molecule has 1 aromatic rings. The number of carbonyl (C=O) groups is 1. The normalized spacial score (nSPS) is 10.9. The molecular weight excluding hydrogens is 370 g/mol. The summed E-state index contributed by atoms with van der Waals surface area (Å²) < 4.78 is 21.8. The van der Waals surface area contributed by atoms with Crippen molar-refractivity contribution in [2.24, 2.45) is 5.92 Å². The van der Waals surface area contributed by atoms with E-state index in [9.17, 15) is 4.79 Å². The number of rotatable bonds is 16. The van der Waals surface area contributed by atoms with E-state index in [1.165, 1.54) is 0 Å². The number of Topliss-reactive ketones (excluding diaryl/α,β-unsaturated/α-hetero) is 1. The van der Waals surface area contributed by atoms with Gasteiger partial charge in [-0.2, -0.15) is 0 Å². The highest BCUT2D eigenvalue weighted by molar-refractivity contribution is 5.97. The van der Waals surface area contributed by atoms with Gasteiger partial charge in [-0.3, -0.25) is 9.78 Å². The third-order valence-corrected chi connectivity index (χ3v) is 3.77. The van der Waals surface area contributed by atoms with Crippen molar-refractivity contribution >= 4 is 5.78 Å². The van der Waals surface area contributed by atoms with E-state index in [4.69, 9.17) is 18.9 Å². The molecule has 1 heterocycles. The van der Waals surface area contributed by atoms with Crippen LogP contribution in [0.5, 0.6) is 0 Å². The minimum Gasteiger partial charge on any atom is -0.379 e. The second-order valence-corrected chi connectivity index (χ2v) is 6.92. The fourth-order valence-corrected chi connectivity index (χ4v) is 2.34. The Morgan fingerprint density at radius 2 is 1.45 bits per heavy atom. The largest absolute Gasteiger partial charge is 0.379 e. The van der Waals surface area contributed by atoms with Crippen molar-refractivity contribution in [3.8, 4) is 0 Å². The van der Waals surface area contributed by atoms with Gasteiger partial charge in [0.1, 0.15) is 0 Å². The molecule has 0 bridgehead atoms. The van der Waals surface area contributed by atoms with Gasteiger partial charge >= 0.3 is 0 Å². The van der Waals surface area contributed by atoms with Gasteiger partial charge in [0.15, 0.2) is 5.78 Å². The molecular formula is C23H41NO5. The van der Waals surface area contributed by atoms with Crippen molar-refractivity contribution in [1.29, 1.82) is 0 Å². The molecule has 1 rings (SSSR count). The molecule has 0 aliphatic heterocycles. The van der Waals surface area contributed by atoms with E-state index < -0.39 is 0 Å². The van der Waals surface area contributed by atoms with Crippen LogP contribution in [0.4, 0.5) is 0 Å². The zero-order valence-corrected chi connectivity index (χ0v) is 19.2. The molecule has 168 valence electrons. The van der Waals surface area contributed by atoms with Crippen molar-refractivity contribution in [2.45, 2.75) is 60.5 Å². The maximum absolute atomic E-state index is 12.0. The Hall–Kier alpha value is -1.34. The van der Waals surface area contributed by atoms with Gasteiger partial charge < -0.3 is 18.9 Å². The lowest BCUT2D eigenvalue weighted by molar-refractivity contribution is -0.0118. The van der Waals surface area contributed by atoms with Crippen molar-refractivity contribution in [2.75, 3.05) is 46.2 Å². The number of hydrogen-bond donors (Lipinski definition) is 0. The van der Waals surface area contributed by atoms with Crippen molar-refractivity contribution in [1.82, 2.24) is 4.98 Å². The number of nitrogens with zero attached hydrogens (tertiary/aromatic N) is 1. The van der Waals surface area contributed by atoms with E-state index in [0.717, 1.165) is 24.1 Å². The van der Waals surface area contributed by atoms with Gasteiger partial charge in [0.2, 0.25) is 0 Å². The lowest BCUT2D eigenvalue weighted by Crippen LogP contribution is -2.13. The van der Waals surface area contributed by atoms with Gasteiger partial charge in [0.05, 0.1) is 45.7 Å². The maximum Gasteiger partial charge on any atom is 0.165 e. The highest BCUT2D eigenvalue weighted by Crippen LogP contribution is 2.10. The first-order chi connectivity index (χ1) is 14.0. The van der Waals surface area contributed by atoms with Gasteiger partial charge in [-0.1, -0.05) is 27.7 Å². The van der Waals surface area contributed by atoms with E-state index in [1.807, 2.05) is 47.6 Å². The maximum atomic E-state index is 12.0. The predicted molar refractivity (Wildman–Crippen MR) is 117 cm³/mol. The van der Waals surface area contributed by atoms with Crippen LogP contribution in [0.25, 0.3) is 0 Å². The van der Waals surface area contributed by atoms with Crippen LogP contribution in [0, 0.1) is 5.92 Å². The first-order valence-corrected chi connectivity index (χ1v) is 10.8. The van der Waals surface area contributed by atoms with Gasteiger partial charge in [-0.05, 0) is 38.8 Å². The lowest BCUT2D eigenvalue weighted by atomic mass is 10.0. The van der Waals surface area contributed by atoms with Crippen LogP contribution < -0.4 is 0 Å². The van der Waals surface area contributed by atoms with Crippen LogP contribution in [0.2, 0.25) is 0 Å². The van der Waals surface area contributed by atoms with E-state index in [-0.39, 0.29) is 17.8 Å². The molecule has 0 fully saturated rings. The molecule has 0 aromatic carbocycles. The number of hydrogen-bond acceptors (Lipinski definition) is 6. The molecule has 0 aliphatic carbocycles. The molecule has 0 N–H and O–H groups in total. The highest BCUT2D eigenvalue weighted by atomic mass is 16.6. The summed E-state index contributed by atoms with van der Waals surface area (Å²) in [6.45, 7) is 15.9. The molecule has 0 aliphatic rings. The molecule has 0 saturated carbocycles. The Balaban J connectivity index is 0.00000379. The summed E-state index contributed by atoms with van der Waals surface area (Å²) >= 11 is 0. The SMILES string of the molecule is CC.CC(C)OCCOCCOCCOCCCc1cc(C(=O)C(C)C)ccn1. The summed E-state index contributed by atoms with van der Waals surface area (Å²) in [5, 5.41) is 0. The Morgan fingerprint density at radius 1 is 0.897 bits per heavy atom. The van der Waals surface area contributed by atoms with Gasteiger partial charge in [0, 0.05) is 30.0 Å². The monoisotopic (exact) mass is 411 g/mol. The third-order valence-electron chi connectivity index (χ3n) is 3.77. The highest BCUT2D eigenvalue weighted by Gasteiger charge is 2.10. The van der Waals surface area contributed by atoms with Crippen molar-refractivity contribution in [3.05, 3.63) is 29.6 Å². The molecule has 29 heavy (non-hydrogen) atoms. The van der Waals surface area contributed by atoms with Crippen LogP contribution in [0.15, 0.2) is 18.3 Å². The molecule has 0 amide bonds. The zero-order chi connectivity index (χ0) is 21.9. The lowest BCUT2D eigenvalue weighted by Gasteiger charge is -2.09.